The molecule has 0 amide bonds. The lowest BCUT2D eigenvalue weighted by Gasteiger charge is -2.09. The molecule has 0 saturated carbocycles. The van der Waals surface area contributed by atoms with Crippen LogP contribution >= 0.6 is 0 Å². The van der Waals surface area contributed by atoms with Crippen molar-refractivity contribution >= 4 is 10.9 Å². The summed E-state index contributed by atoms with van der Waals surface area (Å²) in [5.41, 5.74) is 2.73. The van der Waals surface area contributed by atoms with Crippen LogP contribution in [0.15, 0.2) is 18.2 Å². The predicted octanol–water partition coefficient (Wildman–Crippen LogP) is 3.04. The first-order valence-corrected chi connectivity index (χ1v) is 5.24. The highest BCUT2D eigenvalue weighted by atomic mass is 19.1. The number of aliphatic hydroxyl groups excluding tert-OH is 1. The summed E-state index contributed by atoms with van der Waals surface area (Å²) in [7, 11) is 0. The van der Waals surface area contributed by atoms with E-state index >= 15 is 0 Å². The van der Waals surface area contributed by atoms with Gasteiger partial charge in [-0.1, -0.05) is 0 Å². The van der Waals surface area contributed by atoms with Gasteiger partial charge in [0.1, 0.15) is 11.3 Å². The lowest BCUT2D eigenvalue weighted by atomic mass is 10.0. The van der Waals surface area contributed by atoms with Crippen LogP contribution in [0.25, 0.3) is 10.9 Å². The van der Waals surface area contributed by atoms with Crippen LogP contribution < -0.4 is 0 Å². The van der Waals surface area contributed by atoms with Crippen LogP contribution in [0.5, 0.6) is 0 Å². The molecule has 1 N–H and O–H groups in total. The number of aryl methyl sites for hydroxylation is 2. The summed E-state index contributed by atoms with van der Waals surface area (Å²) >= 11 is 0. The maximum absolute atomic E-state index is 13.8. The average molecular weight is 219 g/mol. The molecule has 84 valence electrons. The Balaban J connectivity index is 2.82. The van der Waals surface area contributed by atoms with Gasteiger partial charge in [0.25, 0.3) is 0 Å². The average Bonchev–Trinajstić information content (AvgIpc) is 2.19. The van der Waals surface area contributed by atoms with E-state index < -0.39 is 6.10 Å². The van der Waals surface area contributed by atoms with Crippen LogP contribution in [0.1, 0.15) is 29.8 Å². The molecule has 2 nitrogen and oxygen atoms in total. The molecule has 1 aromatic carbocycles. The van der Waals surface area contributed by atoms with Gasteiger partial charge < -0.3 is 5.11 Å². The molecule has 0 saturated heterocycles. The molecular weight excluding hydrogens is 205 g/mol. The van der Waals surface area contributed by atoms with Gasteiger partial charge in [-0.2, -0.15) is 0 Å². The Morgan fingerprint density at radius 3 is 2.56 bits per heavy atom. The zero-order chi connectivity index (χ0) is 11.9. The first kappa shape index (κ1) is 11.0. The van der Waals surface area contributed by atoms with Crippen LogP contribution in [0.4, 0.5) is 4.39 Å². The summed E-state index contributed by atoms with van der Waals surface area (Å²) < 4.78 is 13.8. The molecule has 1 atom stereocenters. The van der Waals surface area contributed by atoms with Gasteiger partial charge in [-0.05, 0) is 50.1 Å². The number of halogens is 1. The molecule has 0 aliphatic rings. The molecule has 0 spiro atoms. The summed E-state index contributed by atoms with van der Waals surface area (Å²) in [5, 5.41) is 10.2. The third kappa shape index (κ3) is 1.78. The third-order valence-electron chi connectivity index (χ3n) is 2.71. The van der Waals surface area contributed by atoms with Crippen molar-refractivity contribution in [3.63, 3.8) is 0 Å². The predicted molar refractivity (Wildman–Crippen MR) is 61.8 cm³/mol. The first-order chi connectivity index (χ1) is 7.49. The zero-order valence-corrected chi connectivity index (χ0v) is 9.58. The van der Waals surface area contributed by atoms with E-state index in [1.165, 1.54) is 6.07 Å². The number of hydrogen-bond acceptors (Lipinski definition) is 2. The van der Waals surface area contributed by atoms with E-state index in [4.69, 9.17) is 0 Å². The SMILES string of the molecule is Cc1cc(C)c2cc(C(C)O)cc(F)c2n1. The standard InChI is InChI=1S/C13H14FNO/c1-7-4-8(2)15-13-11(7)5-10(9(3)16)6-12(13)14/h4-6,9,16H,1-3H3. The number of nitrogens with zero attached hydrogens (tertiary/aromatic N) is 1. The van der Waals surface area contributed by atoms with Gasteiger partial charge in [0.05, 0.1) is 6.10 Å². The number of aliphatic hydroxyl groups is 1. The maximum Gasteiger partial charge on any atom is 0.149 e. The van der Waals surface area contributed by atoms with Crippen LogP contribution in [0.2, 0.25) is 0 Å². The van der Waals surface area contributed by atoms with Crippen molar-refractivity contribution in [2.24, 2.45) is 0 Å². The van der Waals surface area contributed by atoms with Gasteiger partial charge in [0.2, 0.25) is 0 Å². The molecule has 2 aromatic rings. The fourth-order valence-corrected chi connectivity index (χ4v) is 1.88. The molecule has 2 rings (SSSR count). The third-order valence-corrected chi connectivity index (χ3v) is 2.71. The van der Waals surface area contributed by atoms with Gasteiger partial charge in [-0.3, -0.25) is 4.98 Å². The summed E-state index contributed by atoms with van der Waals surface area (Å²) in [5.74, 6) is -0.375. The van der Waals surface area contributed by atoms with E-state index in [9.17, 15) is 9.50 Å². The molecule has 1 heterocycles. The molecule has 0 aliphatic heterocycles. The van der Waals surface area contributed by atoms with Crippen molar-refractivity contribution in [1.29, 1.82) is 0 Å². The number of benzene rings is 1. The molecule has 1 unspecified atom stereocenters. The molecule has 0 radical (unpaired) electrons. The van der Waals surface area contributed by atoms with Crippen LogP contribution in [0, 0.1) is 19.7 Å². The fraction of sp³-hybridized carbons (Fsp3) is 0.308. The van der Waals surface area contributed by atoms with E-state index in [0.29, 0.717) is 11.1 Å². The second-order valence-electron chi connectivity index (χ2n) is 4.16. The second-order valence-corrected chi connectivity index (χ2v) is 4.16. The van der Waals surface area contributed by atoms with Crippen molar-refractivity contribution < 1.29 is 9.50 Å². The Kier molecular flexibility index (Phi) is 2.64. The minimum absolute atomic E-state index is 0.375. The van der Waals surface area contributed by atoms with Gasteiger partial charge in [-0.15, -0.1) is 0 Å². The number of rotatable bonds is 1. The van der Waals surface area contributed by atoms with Gasteiger partial charge in [0, 0.05) is 11.1 Å². The highest BCUT2D eigenvalue weighted by molar-refractivity contribution is 5.83. The zero-order valence-electron chi connectivity index (χ0n) is 9.58. The Morgan fingerprint density at radius 2 is 1.94 bits per heavy atom. The van der Waals surface area contributed by atoms with E-state index in [1.807, 2.05) is 19.9 Å². The van der Waals surface area contributed by atoms with Crippen LogP contribution in [0.3, 0.4) is 0 Å². The first-order valence-electron chi connectivity index (χ1n) is 5.24. The lowest BCUT2D eigenvalue weighted by Crippen LogP contribution is -1.96. The fourth-order valence-electron chi connectivity index (χ4n) is 1.88. The van der Waals surface area contributed by atoms with E-state index in [-0.39, 0.29) is 5.82 Å². The van der Waals surface area contributed by atoms with Crippen molar-refractivity contribution in [3.8, 4) is 0 Å². The summed E-state index contributed by atoms with van der Waals surface area (Å²) in [4.78, 5) is 4.18. The normalized spacial score (nSPS) is 13.1. The molecule has 16 heavy (non-hydrogen) atoms. The number of fused-ring (bicyclic) bond motifs is 1. The van der Waals surface area contributed by atoms with Crippen molar-refractivity contribution in [2.45, 2.75) is 26.9 Å². The Hall–Kier alpha value is -1.48. The molecule has 3 heteroatoms. The largest absolute Gasteiger partial charge is 0.389 e. The lowest BCUT2D eigenvalue weighted by molar-refractivity contribution is 0.199. The molecule has 0 bridgehead atoms. The quantitative estimate of drug-likeness (QED) is 0.799. The Labute approximate surface area is 93.8 Å². The molecular formula is C13H14FNO. The summed E-state index contributed by atoms with van der Waals surface area (Å²) in [6.07, 6.45) is -0.667. The summed E-state index contributed by atoms with van der Waals surface area (Å²) in [6, 6.07) is 5.05. The van der Waals surface area contributed by atoms with Crippen molar-refractivity contribution in [2.75, 3.05) is 0 Å². The number of hydrogen-bond donors (Lipinski definition) is 1. The topological polar surface area (TPSA) is 33.1 Å². The van der Waals surface area contributed by atoms with Crippen LogP contribution in [-0.4, -0.2) is 10.1 Å². The van der Waals surface area contributed by atoms with E-state index in [1.54, 1.807) is 13.0 Å². The minimum Gasteiger partial charge on any atom is -0.389 e. The van der Waals surface area contributed by atoms with E-state index in [2.05, 4.69) is 4.98 Å². The highest BCUT2D eigenvalue weighted by Crippen LogP contribution is 2.25. The Morgan fingerprint density at radius 1 is 1.25 bits per heavy atom. The van der Waals surface area contributed by atoms with Gasteiger partial charge in [-0.25, -0.2) is 4.39 Å². The molecule has 0 fully saturated rings. The Bertz CT molecular complexity index is 549. The smallest absolute Gasteiger partial charge is 0.149 e. The monoisotopic (exact) mass is 219 g/mol. The van der Waals surface area contributed by atoms with Gasteiger partial charge >= 0.3 is 0 Å². The van der Waals surface area contributed by atoms with Crippen molar-refractivity contribution in [1.82, 2.24) is 4.98 Å². The molecule has 1 aromatic heterocycles. The maximum atomic E-state index is 13.8. The number of aromatic nitrogens is 1. The van der Waals surface area contributed by atoms with E-state index in [0.717, 1.165) is 16.6 Å². The van der Waals surface area contributed by atoms with Crippen LogP contribution in [-0.2, 0) is 0 Å². The van der Waals surface area contributed by atoms with Crippen molar-refractivity contribution in [3.05, 3.63) is 40.8 Å². The second kappa shape index (κ2) is 3.83. The minimum atomic E-state index is -0.667. The highest BCUT2D eigenvalue weighted by Gasteiger charge is 2.10. The number of pyridine rings is 1. The summed E-state index contributed by atoms with van der Waals surface area (Å²) in [6.45, 7) is 5.38. The van der Waals surface area contributed by atoms with Gasteiger partial charge in [0.15, 0.2) is 0 Å². The molecule has 0 aliphatic carbocycles.